The summed E-state index contributed by atoms with van der Waals surface area (Å²) in [4.78, 5) is 37.3. The maximum Gasteiger partial charge on any atom is 0.338 e. The Labute approximate surface area is 216 Å². The number of rotatable bonds is 8. The zero-order chi connectivity index (χ0) is 25.8. The second kappa shape index (κ2) is 11.1. The number of nitrogens with one attached hydrogen (secondary N) is 1. The molecule has 1 aromatic carbocycles. The molecule has 1 atom stereocenters. The third-order valence-corrected chi connectivity index (χ3v) is 6.95. The molecule has 188 valence electrons. The van der Waals surface area contributed by atoms with Crippen molar-refractivity contribution in [2.75, 3.05) is 6.54 Å². The Morgan fingerprint density at radius 3 is 2.69 bits per heavy atom. The Bertz CT molecular complexity index is 1250. The van der Waals surface area contributed by atoms with Gasteiger partial charge in [0.05, 0.1) is 29.8 Å². The molecule has 1 unspecified atom stereocenters. The number of ether oxygens (including phenoxy) is 1. The van der Waals surface area contributed by atoms with Crippen molar-refractivity contribution in [3.8, 4) is 0 Å². The lowest BCUT2D eigenvalue weighted by molar-refractivity contribution is -0.143. The number of hydrogen-bond donors (Lipinski definition) is 1. The van der Waals surface area contributed by atoms with Gasteiger partial charge in [0.2, 0.25) is 5.91 Å². The summed E-state index contributed by atoms with van der Waals surface area (Å²) in [6.07, 6.45) is 2.34. The van der Waals surface area contributed by atoms with Gasteiger partial charge in [-0.3, -0.25) is 9.78 Å². The first kappa shape index (κ1) is 25.7. The lowest BCUT2D eigenvalue weighted by Crippen LogP contribution is -2.38. The van der Waals surface area contributed by atoms with Gasteiger partial charge >= 0.3 is 5.97 Å². The minimum Gasteiger partial charge on any atom is -0.459 e. The molecule has 2 aliphatic rings. The minimum absolute atomic E-state index is 0.0867. The largest absolute Gasteiger partial charge is 0.459 e. The number of aromatic nitrogens is 1. The van der Waals surface area contributed by atoms with E-state index in [1.807, 2.05) is 63.1 Å². The lowest BCUT2D eigenvalue weighted by atomic mass is 9.90. The molecule has 4 rings (SSSR count). The van der Waals surface area contributed by atoms with E-state index in [1.54, 1.807) is 6.20 Å². The Morgan fingerprint density at radius 2 is 1.97 bits per heavy atom. The number of nitrogens with zero attached hydrogens (tertiary/aromatic N) is 3. The zero-order valence-electron chi connectivity index (χ0n) is 21.4. The summed E-state index contributed by atoms with van der Waals surface area (Å²) in [5, 5.41) is 5.72. The number of aryl methyl sites for hydroxylation is 2. The number of pyridine rings is 1. The van der Waals surface area contributed by atoms with Crippen molar-refractivity contribution >= 4 is 28.8 Å². The van der Waals surface area contributed by atoms with Crippen LogP contribution in [0.25, 0.3) is 0 Å². The molecule has 1 aromatic heterocycles. The van der Waals surface area contributed by atoms with Gasteiger partial charge in [-0.1, -0.05) is 41.6 Å². The van der Waals surface area contributed by atoms with Crippen LogP contribution in [0.1, 0.15) is 55.6 Å². The number of esters is 1. The van der Waals surface area contributed by atoms with E-state index in [4.69, 9.17) is 9.73 Å². The van der Waals surface area contributed by atoms with Crippen LogP contribution in [0.2, 0.25) is 0 Å². The Kier molecular flexibility index (Phi) is 7.94. The highest BCUT2D eigenvalue weighted by atomic mass is 32.2. The van der Waals surface area contributed by atoms with Gasteiger partial charge in [0.15, 0.2) is 5.17 Å². The fraction of sp³-hybridized carbons (Fsp3) is 0.357. The Balaban J connectivity index is 1.60. The van der Waals surface area contributed by atoms with E-state index in [0.29, 0.717) is 24.2 Å². The molecule has 2 aromatic rings. The first-order valence-corrected chi connectivity index (χ1v) is 13.0. The van der Waals surface area contributed by atoms with Crippen LogP contribution < -0.4 is 5.32 Å². The molecule has 0 fully saturated rings. The molecular formula is C28H32N4O3S. The van der Waals surface area contributed by atoms with Crippen molar-refractivity contribution < 1.29 is 14.3 Å². The topological polar surface area (TPSA) is 83.9 Å². The first-order valence-electron chi connectivity index (χ1n) is 12.1. The van der Waals surface area contributed by atoms with Gasteiger partial charge in [0, 0.05) is 30.6 Å². The number of thioether (sulfide) groups is 1. The van der Waals surface area contributed by atoms with Crippen LogP contribution in [0.5, 0.6) is 0 Å². The maximum absolute atomic E-state index is 13.3. The van der Waals surface area contributed by atoms with E-state index in [9.17, 15) is 9.59 Å². The number of allylic oxidation sites excluding steroid dienone is 1. The molecule has 0 bridgehead atoms. The molecule has 36 heavy (non-hydrogen) atoms. The summed E-state index contributed by atoms with van der Waals surface area (Å²) in [5.74, 6) is -0.469. The molecule has 0 saturated heterocycles. The molecular weight excluding hydrogens is 472 g/mol. The van der Waals surface area contributed by atoms with Crippen molar-refractivity contribution in [3.05, 3.63) is 87.4 Å². The third kappa shape index (κ3) is 5.70. The number of hydrogen-bond acceptors (Lipinski definition) is 7. The fourth-order valence-corrected chi connectivity index (χ4v) is 5.32. The van der Waals surface area contributed by atoms with Crippen molar-refractivity contribution in [2.45, 2.75) is 59.6 Å². The van der Waals surface area contributed by atoms with Crippen LogP contribution in [0.3, 0.4) is 0 Å². The number of amidine groups is 1. The molecule has 0 radical (unpaired) electrons. The first-order chi connectivity index (χ1) is 17.2. The van der Waals surface area contributed by atoms with Gasteiger partial charge in [0.25, 0.3) is 0 Å². The van der Waals surface area contributed by atoms with E-state index >= 15 is 0 Å². The highest BCUT2D eigenvalue weighted by molar-refractivity contribution is 8.16. The van der Waals surface area contributed by atoms with Crippen LogP contribution in [-0.4, -0.2) is 39.6 Å². The van der Waals surface area contributed by atoms with Gasteiger partial charge < -0.3 is 15.0 Å². The lowest BCUT2D eigenvalue weighted by Gasteiger charge is -2.37. The van der Waals surface area contributed by atoms with Gasteiger partial charge in [0.1, 0.15) is 0 Å². The average molecular weight is 505 g/mol. The van der Waals surface area contributed by atoms with E-state index in [1.165, 1.54) is 11.8 Å². The average Bonchev–Trinajstić information content (AvgIpc) is 3.21. The van der Waals surface area contributed by atoms with Crippen LogP contribution in [0.4, 0.5) is 0 Å². The summed E-state index contributed by atoms with van der Waals surface area (Å²) < 4.78 is 5.64. The number of amides is 1. The van der Waals surface area contributed by atoms with Crippen LogP contribution in [0, 0.1) is 13.8 Å². The summed E-state index contributed by atoms with van der Waals surface area (Å²) in [6, 6.07) is 11.6. The van der Waals surface area contributed by atoms with Crippen molar-refractivity contribution in [1.29, 1.82) is 0 Å². The van der Waals surface area contributed by atoms with Crippen molar-refractivity contribution in [3.63, 3.8) is 0 Å². The number of carbonyl (C=O) groups excluding carboxylic acids is 2. The zero-order valence-corrected chi connectivity index (χ0v) is 22.2. The predicted molar refractivity (Wildman–Crippen MR) is 143 cm³/mol. The molecule has 1 N–H and O–H groups in total. The van der Waals surface area contributed by atoms with Gasteiger partial charge in [-0.05, 0) is 63.3 Å². The van der Waals surface area contributed by atoms with Gasteiger partial charge in [-0.25, -0.2) is 9.79 Å². The predicted octanol–water partition coefficient (Wildman–Crippen LogP) is 4.97. The minimum atomic E-state index is -0.425. The van der Waals surface area contributed by atoms with Gasteiger partial charge in [-0.15, -0.1) is 0 Å². The molecule has 8 heteroatoms. The van der Waals surface area contributed by atoms with Crippen molar-refractivity contribution in [2.24, 2.45) is 4.99 Å². The molecule has 2 aliphatic heterocycles. The fourth-order valence-electron chi connectivity index (χ4n) is 4.36. The number of aliphatic imine (C=N–C) groups is 1. The number of carbonyl (C=O) groups is 2. The van der Waals surface area contributed by atoms with Crippen LogP contribution in [0.15, 0.2) is 70.0 Å². The van der Waals surface area contributed by atoms with Crippen molar-refractivity contribution in [1.82, 2.24) is 15.2 Å². The molecule has 0 spiro atoms. The van der Waals surface area contributed by atoms with E-state index in [0.717, 1.165) is 33.2 Å². The molecule has 7 nitrogen and oxygen atoms in total. The summed E-state index contributed by atoms with van der Waals surface area (Å²) in [6.45, 7) is 10.1. The maximum atomic E-state index is 13.3. The molecule has 3 heterocycles. The van der Waals surface area contributed by atoms with E-state index in [-0.39, 0.29) is 24.4 Å². The highest BCUT2D eigenvalue weighted by Gasteiger charge is 2.41. The quantitative estimate of drug-likeness (QED) is 0.511. The summed E-state index contributed by atoms with van der Waals surface area (Å²) in [5.41, 5.74) is 6.04. The van der Waals surface area contributed by atoms with E-state index < -0.39 is 6.04 Å². The molecule has 1 amide bonds. The normalized spacial score (nSPS) is 17.1. The molecule has 0 aliphatic carbocycles. The Hall–Kier alpha value is -3.39. The second-order valence-electron chi connectivity index (χ2n) is 9.30. The standard InChI is InChI=1S/C28H32N4O3S/c1-17(2)35-27(34)25-20(5)31-28-32(26(25)23-14-18(3)9-10-19(23)4)22(16-36-28)15-24(33)30-13-11-21-8-6-7-12-29-21/h6-10,12,14,16-17,26H,11,13,15H2,1-5H3,(H,30,33). The Morgan fingerprint density at radius 1 is 1.17 bits per heavy atom. The van der Waals surface area contributed by atoms with Crippen LogP contribution in [-0.2, 0) is 20.7 Å². The highest BCUT2D eigenvalue weighted by Crippen LogP contribution is 2.45. The van der Waals surface area contributed by atoms with E-state index in [2.05, 4.69) is 28.5 Å². The summed E-state index contributed by atoms with van der Waals surface area (Å²) in [7, 11) is 0. The number of benzene rings is 1. The number of fused-ring (bicyclic) bond motifs is 1. The van der Waals surface area contributed by atoms with Crippen LogP contribution >= 0.6 is 11.8 Å². The van der Waals surface area contributed by atoms with Gasteiger partial charge in [-0.2, -0.15) is 0 Å². The monoisotopic (exact) mass is 504 g/mol. The third-order valence-electron chi connectivity index (χ3n) is 6.06. The smallest absolute Gasteiger partial charge is 0.338 e. The SMILES string of the molecule is CC1=C(C(=O)OC(C)C)C(c2cc(C)ccc2C)N2C(CC(=O)NCCc3ccccn3)=CSC2=N1. The summed E-state index contributed by atoms with van der Waals surface area (Å²) >= 11 is 1.47. The second-order valence-corrected chi connectivity index (χ2v) is 10.1. The molecule has 0 saturated carbocycles.